The molecule has 0 radical (unpaired) electrons. The summed E-state index contributed by atoms with van der Waals surface area (Å²) in [6, 6.07) is 16.1. The molecule has 162 valence electrons. The van der Waals surface area contributed by atoms with Crippen LogP contribution in [0, 0.1) is 5.82 Å². The molecular formula is C24H20FN3O3S. The maximum Gasteiger partial charge on any atom is 0.325 e. The Labute approximate surface area is 188 Å². The van der Waals surface area contributed by atoms with Crippen LogP contribution in [0.5, 0.6) is 0 Å². The van der Waals surface area contributed by atoms with Crippen molar-refractivity contribution in [1.29, 1.82) is 0 Å². The number of nitrogens with zero attached hydrogens (tertiary/aromatic N) is 1. The predicted octanol–water partition coefficient (Wildman–Crippen LogP) is 3.49. The Kier molecular flexibility index (Phi) is 5.01. The Morgan fingerprint density at radius 3 is 2.66 bits per heavy atom. The summed E-state index contributed by atoms with van der Waals surface area (Å²) in [6.45, 7) is -0.391. The molecule has 0 unspecified atom stereocenters. The van der Waals surface area contributed by atoms with E-state index in [0.29, 0.717) is 18.4 Å². The summed E-state index contributed by atoms with van der Waals surface area (Å²) in [4.78, 5) is 40.7. The van der Waals surface area contributed by atoms with E-state index in [1.807, 2.05) is 41.8 Å². The van der Waals surface area contributed by atoms with Crippen LogP contribution in [0.1, 0.15) is 34.0 Å². The zero-order chi connectivity index (χ0) is 22.3. The van der Waals surface area contributed by atoms with E-state index in [1.54, 1.807) is 12.1 Å². The van der Waals surface area contributed by atoms with Crippen LogP contribution >= 0.6 is 11.3 Å². The van der Waals surface area contributed by atoms with Gasteiger partial charge in [-0.05, 0) is 53.1 Å². The van der Waals surface area contributed by atoms with Crippen LogP contribution in [-0.4, -0.2) is 29.3 Å². The molecule has 2 atom stereocenters. The van der Waals surface area contributed by atoms with Crippen molar-refractivity contribution in [2.24, 2.45) is 0 Å². The average molecular weight is 450 g/mol. The number of fused-ring (bicyclic) bond motifs is 2. The first-order valence-electron chi connectivity index (χ1n) is 10.3. The Morgan fingerprint density at radius 1 is 1.12 bits per heavy atom. The Hall–Kier alpha value is -3.52. The fourth-order valence-corrected chi connectivity index (χ4v) is 5.32. The minimum Gasteiger partial charge on any atom is -0.343 e. The van der Waals surface area contributed by atoms with Crippen LogP contribution in [0.15, 0.2) is 66.0 Å². The number of benzene rings is 2. The maximum absolute atomic E-state index is 13.4. The number of nitrogens with one attached hydrogen (secondary N) is 2. The molecule has 1 spiro atoms. The normalized spacial score (nSPS) is 20.3. The first kappa shape index (κ1) is 20.4. The van der Waals surface area contributed by atoms with E-state index in [1.165, 1.54) is 23.5 Å². The van der Waals surface area contributed by atoms with Crippen molar-refractivity contribution in [3.63, 3.8) is 0 Å². The summed E-state index contributed by atoms with van der Waals surface area (Å²) in [6.07, 6.45) is 1.16. The van der Waals surface area contributed by atoms with Gasteiger partial charge in [-0.3, -0.25) is 14.5 Å². The first-order chi connectivity index (χ1) is 15.5. The minimum atomic E-state index is -1.10. The van der Waals surface area contributed by atoms with Crippen LogP contribution < -0.4 is 10.6 Å². The van der Waals surface area contributed by atoms with Crippen molar-refractivity contribution in [2.45, 2.75) is 24.4 Å². The molecule has 6 nitrogen and oxygen atoms in total. The van der Waals surface area contributed by atoms with Crippen LogP contribution in [-0.2, 0) is 21.5 Å². The van der Waals surface area contributed by atoms with Gasteiger partial charge in [0.05, 0.1) is 6.04 Å². The largest absolute Gasteiger partial charge is 0.343 e. The molecule has 1 aromatic heterocycles. The predicted molar refractivity (Wildman–Crippen MR) is 117 cm³/mol. The molecule has 5 rings (SSSR count). The van der Waals surface area contributed by atoms with Crippen molar-refractivity contribution in [1.82, 2.24) is 15.5 Å². The summed E-state index contributed by atoms with van der Waals surface area (Å²) in [5.41, 5.74) is 1.43. The smallest absolute Gasteiger partial charge is 0.325 e. The molecule has 2 aromatic carbocycles. The first-order valence-corrected chi connectivity index (χ1v) is 11.2. The molecule has 1 aliphatic carbocycles. The van der Waals surface area contributed by atoms with Crippen molar-refractivity contribution in [2.75, 3.05) is 6.54 Å². The van der Waals surface area contributed by atoms with E-state index in [9.17, 15) is 18.8 Å². The number of aryl methyl sites for hydroxylation is 1. The van der Waals surface area contributed by atoms with Crippen LogP contribution in [0.25, 0.3) is 0 Å². The highest BCUT2D eigenvalue weighted by molar-refractivity contribution is 7.10. The number of imide groups is 1. The number of urea groups is 1. The van der Waals surface area contributed by atoms with E-state index in [-0.39, 0.29) is 5.82 Å². The summed E-state index contributed by atoms with van der Waals surface area (Å²) in [7, 11) is 0. The topological polar surface area (TPSA) is 78.5 Å². The fourth-order valence-electron chi connectivity index (χ4n) is 4.51. The molecule has 0 bridgehead atoms. The van der Waals surface area contributed by atoms with Gasteiger partial charge in [-0.15, -0.1) is 11.3 Å². The third kappa shape index (κ3) is 3.36. The molecule has 0 saturated carbocycles. The molecule has 32 heavy (non-hydrogen) atoms. The third-order valence-corrected chi connectivity index (χ3v) is 7.00. The maximum atomic E-state index is 13.4. The molecule has 2 N–H and O–H groups in total. The van der Waals surface area contributed by atoms with Crippen molar-refractivity contribution in [3.05, 3.63) is 93.4 Å². The molecule has 8 heteroatoms. The van der Waals surface area contributed by atoms with Gasteiger partial charge in [0.15, 0.2) is 0 Å². The zero-order valence-electron chi connectivity index (χ0n) is 17.0. The monoisotopic (exact) mass is 449 g/mol. The second kappa shape index (κ2) is 7.87. The van der Waals surface area contributed by atoms with E-state index in [2.05, 4.69) is 10.6 Å². The molecule has 3 aromatic rings. The van der Waals surface area contributed by atoms with Gasteiger partial charge >= 0.3 is 6.03 Å². The summed E-state index contributed by atoms with van der Waals surface area (Å²) >= 11 is 1.46. The van der Waals surface area contributed by atoms with E-state index >= 15 is 0 Å². The van der Waals surface area contributed by atoms with Crippen LogP contribution in [0.3, 0.4) is 0 Å². The highest BCUT2D eigenvalue weighted by Gasteiger charge is 2.55. The Bertz CT molecular complexity index is 1200. The minimum absolute atomic E-state index is 0.369. The van der Waals surface area contributed by atoms with Gasteiger partial charge in [0.25, 0.3) is 5.91 Å². The molecule has 1 saturated heterocycles. The summed E-state index contributed by atoms with van der Waals surface area (Å²) < 4.78 is 13.4. The highest BCUT2D eigenvalue weighted by atomic mass is 32.1. The number of thiophene rings is 1. The number of amides is 4. The number of carbonyl (C=O) groups excluding carboxylic acids is 3. The second-order valence-electron chi connectivity index (χ2n) is 7.95. The van der Waals surface area contributed by atoms with Gasteiger partial charge in [-0.2, -0.15) is 0 Å². The molecule has 2 aliphatic rings. The summed E-state index contributed by atoms with van der Waals surface area (Å²) in [5, 5.41) is 7.61. The number of rotatable bonds is 5. The SMILES string of the molecule is O=C(CN1C(=O)N[C@@]2(CCc3ccccc32)C1=O)N[C@@H](c1ccc(F)cc1)c1cccs1. The number of hydrogen-bond donors (Lipinski definition) is 2. The lowest BCUT2D eigenvalue weighted by molar-refractivity contribution is -0.135. The van der Waals surface area contributed by atoms with E-state index in [4.69, 9.17) is 0 Å². The highest BCUT2D eigenvalue weighted by Crippen LogP contribution is 2.41. The Morgan fingerprint density at radius 2 is 1.91 bits per heavy atom. The lowest BCUT2D eigenvalue weighted by Gasteiger charge is -2.23. The van der Waals surface area contributed by atoms with Crippen LogP contribution in [0.4, 0.5) is 9.18 Å². The van der Waals surface area contributed by atoms with E-state index < -0.39 is 36.0 Å². The summed E-state index contributed by atoms with van der Waals surface area (Å²) in [5.74, 6) is -1.25. The van der Waals surface area contributed by atoms with Gasteiger partial charge in [0.2, 0.25) is 5.91 Å². The van der Waals surface area contributed by atoms with Gasteiger partial charge in [-0.1, -0.05) is 42.5 Å². The fraction of sp³-hybridized carbons (Fsp3) is 0.208. The van der Waals surface area contributed by atoms with Gasteiger partial charge < -0.3 is 10.6 Å². The third-order valence-electron chi connectivity index (χ3n) is 6.06. The average Bonchev–Trinajstić information content (AvgIpc) is 3.50. The van der Waals surface area contributed by atoms with Crippen molar-refractivity contribution in [3.8, 4) is 0 Å². The van der Waals surface area contributed by atoms with Gasteiger partial charge in [0.1, 0.15) is 17.9 Å². The van der Waals surface area contributed by atoms with Gasteiger partial charge in [0, 0.05) is 4.88 Å². The molecule has 1 aliphatic heterocycles. The Balaban J connectivity index is 1.36. The quantitative estimate of drug-likeness (QED) is 0.586. The van der Waals surface area contributed by atoms with E-state index in [0.717, 1.165) is 20.9 Å². The number of hydrogen-bond acceptors (Lipinski definition) is 4. The van der Waals surface area contributed by atoms with Gasteiger partial charge in [-0.25, -0.2) is 9.18 Å². The lowest BCUT2D eigenvalue weighted by Crippen LogP contribution is -2.44. The van der Waals surface area contributed by atoms with Crippen molar-refractivity contribution < 1.29 is 18.8 Å². The molecule has 1 fully saturated rings. The lowest BCUT2D eigenvalue weighted by atomic mass is 9.92. The van der Waals surface area contributed by atoms with Crippen molar-refractivity contribution >= 4 is 29.2 Å². The molecular weight excluding hydrogens is 429 g/mol. The number of halogens is 1. The molecule has 4 amide bonds. The van der Waals surface area contributed by atoms with Crippen LogP contribution in [0.2, 0.25) is 0 Å². The standard InChI is InChI=1S/C24H20FN3O3S/c25-17-9-7-16(8-10-17)21(19-6-3-13-32-19)26-20(29)14-28-22(30)24(27-23(28)31)12-11-15-4-1-2-5-18(15)24/h1-10,13,21H,11-12,14H2,(H,26,29)(H,27,31)/t21-,24+/m0/s1. The second-order valence-corrected chi connectivity index (χ2v) is 8.93. The molecule has 2 heterocycles. The zero-order valence-corrected chi connectivity index (χ0v) is 17.8. The number of carbonyl (C=O) groups is 3.